The quantitative estimate of drug-likeness (QED) is 0.727. The lowest BCUT2D eigenvalue weighted by molar-refractivity contribution is -0.120. The van der Waals surface area contributed by atoms with Crippen LogP contribution in [0.1, 0.15) is 11.1 Å². The summed E-state index contributed by atoms with van der Waals surface area (Å²) in [7, 11) is 5.71. The molecule has 0 saturated heterocycles. The fourth-order valence-electron chi connectivity index (χ4n) is 2.38. The Morgan fingerprint density at radius 2 is 1.80 bits per heavy atom. The van der Waals surface area contributed by atoms with Gasteiger partial charge < -0.3 is 5.32 Å². The molecule has 2 aromatic carbocycles. The highest BCUT2D eigenvalue weighted by molar-refractivity contribution is 6.32. The summed E-state index contributed by atoms with van der Waals surface area (Å²) in [6, 6.07) is 13.6. The Bertz CT molecular complexity index is 884. The first kappa shape index (κ1) is 16.8. The zero-order valence-corrected chi connectivity index (χ0v) is 13.4. The summed E-state index contributed by atoms with van der Waals surface area (Å²) in [6.45, 7) is 0.401. The normalized spacial score (nSPS) is 10.4. The van der Waals surface area contributed by atoms with Crippen molar-refractivity contribution in [2.75, 3.05) is 0 Å². The maximum Gasteiger partial charge on any atom is 0.224 e. The Hall–Kier alpha value is -3.02. The van der Waals surface area contributed by atoms with Gasteiger partial charge in [-0.3, -0.25) is 4.79 Å². The molecule has 0 atom stereocenters. The van der Waals surface area contributed by atoms with Crippen LogP contribution in [0.3, 0.4) is 0 Å². The van der Waals surface area contributed by atoms with E-state index >= 15 is 0 Å². The van der Waals surface area contributed by atoms with Gasteiger partial charge in [-0.1, -0.05) is 41.9 Å². The van der Waals surface area contributed by atoms with Crippen molar-refractivity contribution in [1.82, 2.24) is 15.3 Å². The fourth-order valence-corrected chi connectivity index (χ4v) is 2.38. The Morgan fingerprint density at radius 1 is 1.04 bits per heavy atom. The van der Waals surface area contributed by atoms with Crippen molar-refractivity contribution >= 4 is 19.2 Å². The summed E-state index contributed by atoms with van der Waals surface area (Å²) in [5.74, 6) is -0.234. The second-order valence-corrected chi connectivity index (χ2v) is 5.59. The third-order valence-corrected chi connectivity index (χ3v) is 3.63. The average molecular weight is 331 g/mol. The highest BCUT2D eigenvalue weighted by Gasteiger charge is 2.09. The number of amides is 1. The Labute approximate surface area is 146 Å². The van der Waals surface area contributed by atoms with Crippen molar-refractivity contribution in [2.24, 2.45) is 0 Å². The molecule has 6 heteroatoms. The molecule has 0 bridgehead atoms. The number of halogens is 1. The summed E-state index contributed by atoms with van der Waals surface area (Å²) in [6.07, 6.45) is 3.23. The van der Waals surface area contributed by atoms with Crippen LogP contribution >= 0.6 is 0 Å². The van der Waals surface area contributed by atoms with E-state index in [0.717, 1.165) is 5.56 Å². The van der Waals surface area contributed by atoms with Crippen molar-refractivity contribution in [1.29, 1.82) is 0 Å². The zero-order valence-electron chi connectivity index (χ0n) is 13.4. The van der Waals surface area contributed by atoms with Gasteiger partial charge in [0.2, 0.25) is 5.91 Å². The number of nitrogens with one attached hydrogen (secondary N) is 1. The topological polar surface area (TPSA) is 54.9 Å². The van der Waals surface area contributed by atoms with Crippen LogP contribution in [0.5, 0.6) is 0 Å². The SMILES string of the molecule is [B]c1cccc(CNC(=O)Cc2cnc(-c3ccccc3F)nc2)c1. The largest absolute Gasteiger partial charge is 0.352 e. The van der Waals surface area contributed by atoms with Crippen LogP contribution in [0.15, 0.2) is 60.9 Å². The van der Waals surface area contributed by atoms with E-state index in [1.54, 1.807) is 24.3 Å². The molecule has 1 amide bonds. The third kappa shape index (κ3) is 4.50. The molecule has 0 aliphatic carbocycles. The monoisotopic (exact) mass is 331 g/mol. The first-order valence-corrected chi connectivity index (χ1v) is 7.79. The Balaban J connectivity index is 1.59. The molecule has 3 aromatic rings. The summed E-state index contributed by atoms with van der Waals surface area (Å²) in [4.78, 5) is 20.3. The van der Waals surface area contributed by atoms with E-state index in [1.807, 2.05) is 18.2 Å². The average Bonchev–Trinajstić information content (AvgIpc) is 2.61. The summed E-state index contributed by atoms with van der Waals surface area (Å²) in [5, 5.41) is 2.82. The number of benzene rings is 2. The maximum absolute atomic E-state index is 13.7. The highest BCUT2D eigenvalue weighted by Crippen LogP contribution is 2.18. The summed E-state index contributed by atoms with van der Waals surface area (Å²) < 4.78 is 13.7. The molecule has 4 nitrogen and oxygen atoms in total. The maximum atomic E-state index is 13.7. The molecule has 25 heavy (non-hydrogen) atoms. The number of carbonyl (C=O) groups is 1. The van der Waals surface area contributed by atoms with Gasteiger partial charge in [0.15, 0.2) is 5.82 Å². The van der Waals surface area contributed by atoms with Crippen LogP contribution < -0.4 is 10.8 Å². The number of carbonyl (C=O) groups excluding carboxylic acids is 1. The standard InChI is InChI=1S/C19H15BFN3O/c20-15-5-3-4-13(8-15)10-22-18(25)9-14-11-23-19(24-12-14)16-6-1-2-7-17(16)21/h1-8,11-12H,9-10H2,(H,22,25). The highest BCUT2D eigenvalue weighted by atomic mass is 19.1. The van der Waals surface area contributed by atoms with Crippen molar-refractivity contribution in [3.05, 3.63) is 77.9 Å². The van der Waals surface area contributed by atoms with Crippen molar-refractivity contribution in [3.8, 4) is 11.4 Å². The van der Waals surface area contributed by atoms with E-state index in [4.69, 9.17) is 7.85 Å². The molecule has 122 valence electrons. The molecule has 0 aliphatic heterocycles. The van der Waals surface area contributed by atoms with Gasteiger partial charge in [-0.2, -0.15) is 0 Å². The van der Waals surface area contributed by atoms with E-state index in [2.05, 4.69) is 15.3 Å². The van der Waals surface area contributed by atoms with Crippen molar-refractivity contribution in [2.45, 2.75) is 13.0 Å². The van der Waals surface area contributed by atoms with Gasteiger partial charge in [-0.15, -0.1) is 0 Å². The van der Waals surface area contributed by atoms with E-state index in [9.17, 15) is 9.18 Å². The van der Waals surface area contributed by atoms with Gasteiger partial charge in [0.05, 0.1) is 12.0 Å². The summed E-state index contributed by atoms with van der Waals surface area (Å²) >= 11 is 0. The van der Waals surface area contributed by atoms with Crippen LogP contribution in [-0.2, 0) is 17.8 Å². The van der Waals surface area contributed by atoms with Crippen LogP contribution in [0.2, 0.25) is 0 Å². The van der Waals surface area contributed by atoms with Crippen LogP contribution in [-0.4, -0.2) is 23.7 Å². The molecule has 0 unspecified atom stereocenters. The van der Waals surface area contributed by atoms with E-state index in [1.165, 1.54) is 18.5 Å². The van der Waals surface area contributed by atoms with Crippen LogP contribution in [0.4, 0.5) is 4.39 Å². The van der Waals surface area contributed by atoms with Crippen LogP contribution in [0.25, 0.3) is 11.4 Å². The van der Waals surface area contributed by atoms with Gasteiger partial charge in [0.25, 0.3) is 0 Å². The Kier molecular flexibility index (Phi) is 5.19. The molecule has 0 fully saturated rings. The first-order chi connectivity index (χ1) is 12.1. The van der Waals surface area contributed by atoms with Gasteiger partial charge in [-0.25, -0.2) is 14.4 Å². The Morgan fingerprint density at radius 3 is 2.52 bits per heavy atom. The summed E-state index contributed by atoms with van der Waals surface area (Å²) in [5.41, 5.74) is 2.58. The minimum atomic E-state index is -0.380. The van der Waals surface area contributed by atoms with Crippen molar-refractivity contribution in [3.63, 3.8) is 0 Å². The molecule has 0 aliphatic rings. The number of hydrogen-bond donors (Lipinski definition) is 1. The van der Waals surface area contributed by atoms with Gasteiger partial charge in [0, 0.05) is 18.9 Å². The molecule has 1 heterocycles. The zero-order chi connectivity index (χ0) is 17.6. The second kappa shape index (κ2) is 7.70. The molecule has 2 radical (unpaired) electrons. The predicted octanol–water partition coefficient (Wildman–Crippen LogP) is 1.94. The van der Waals surface area contributed by atoms with Crippen molar-refractivity contribution < 1.29 is 9.18 Å². The number of rotatable bonds is 5. The lowest BCUT2D eigenvalue weighted by Gasteiger charge is -2.07. The molecule has 1 N–H and O–H groups in total. The number of nitrogens with zero attached hydrogens (tertiary/aromatic N) is 2. The first-order valence-electron chi connectivity index (χ1n) is 7.79. The lowest BCUT2D eigenvalue weighted by atomic mass is 9.94. The minimum absolute atomic E-state index is 0.148. The van der Waals surface area contributed by atoms with E-state index in [-0.39, 0.29) is 18.1 Å². The molecule has 0 spiro atoms. The van der Waals surface area contributed by atoms with Gasteiger partial charge >= 0.3 is 0 Å². The number of aromatic nitrogens is 2. The molecule has 3 rings (SSSR count). The fraction of sp³-hybridized carbons (Fsp3) is 0.105. The predicted molar refractivity (Wildman–Crippen MR) is 94.8 cm³/mol. The molecular weight excluding hydrogens is 316 g/mol. The smallest absolute Gasteiger partial charge is 0.224 e. The van der Waals surface area contributed by atoms with E-state index in [0.29, 0.717) is 29.0 Å². The molecular formula is C19H15BFN3O. The second-order valence-electron chi connectivity index (χ2n) is 5.59. The third-order valence-electron chi connectivity index (χ3n) is 3.63. The van der Waals surface area contributed by atoms with Crippen LogP contribution in [0, 0.1) is 5.82 Å². The lowest BCUT2D eigenvalue weighted by Crippen LogP contribution is -2.25. The molecule has 0 saturated carbocycles. The number of hydrogen-bond acceptors (Lipinski definition) is 3. The molecule has 1 aromatic heterocycles. The minimum Gasteiger partial charge on any atom is -0.352 e. The van der Waals surface area contributed by atoms with E-state index < -0.39 is 0 Å². The van der Waals surface area contributed by atoms with Gasteiger partial charge in [-0.05, 0) is 23.3 Å². The van der Waals surface area contributed by atoms with Gasteiger partial charge in [0.1, 0.15) is 13.7 Å².